The Morgan fingerprint density at radius 2 is 2.06 bits per heavy atom. The van der Waals surface area contributed by atoms with Crippen LogP contribution in [0.2, 0.25) is 0 Å². The zero-order valence-electron chi connectivity index (χ0n) is 9.82. The first-order valence-electron chi connectivity index (χ1n) is 5.37. The molecular formula is C9H21N3O3S. The van der Waals surface area contributed by atoms with E-state index in [1.54, 1.807) is 0 Å². The lowest BCUT2D eigenvalue weighted by Gasteiger charge is -2.11. The molecule has 0 radical (unpaired) electrons. The zero-order chi connectivity index (χ0) is 12.6. The summed E-state index contributed by atoms with van der Waals surface area (Å²) >= 11 is 0. The van der Waals surface area contributed by atoms with Crippen molar-refractivity contribution in [2.24, 2.45) is 5.73 Å². The fraction of sp³-hybridized carbons (Fsp3) is 0.889. The predicted molar refractivity (Wildman–Crippen MR) is 63.4 cm³/mol. The highest BCUT2D eigenvalue weighted by molar-refractivity contribution is 7.89. The molecule has 96 valence electrons. The van der Waals surface area contributed by atoms with Crippen LogP contribution in [0.5, 0.6) is 0 Å². The molecule has 0 saturated heterocycles. The SMILES string of the molecule is CCCCC(N)C(=O)NCCS(=O)(=O)NC. The average Bonchev–Trinajstić information content (AvgIpc) is 2.25. The minimum Gasteiger partial charge on any atom is -0.354 e. The van der Waals surface area contributed by atoms with Crippen LogP contribution in [0.25, 0.3) is 0 Å². The molecule has 6 nitrogen and oxygen atoms in total. The van der Waals surface area contributed by atoms with Crippen LogP contribution in [0.1, 0.15) is 26.2 Å². The quantitative estimate of drug-likeness (QED) is 0.524. The van der Waals surface area contributed by atoms with Gasteiger partial charge in [-0.2, -0.15) is 0 Å². The van der Waals surface area contributed by atoms with Gasteiger partial charge >= 0.3 is 0 Å². The molecule has 0 aromatic heterocycles. The summed E-state index contributed by atoms with van der Waals surface area (Å²) in [5, 5.41) is 2.50. The van der Waals surface area contributed by atoms with Gasteiger partial charge in [0, 0.05) is 6.54 Å². The van der Waals surface area contributed by atoms with E-state index in [9.17, 15) is 13.2 Å². The van der Waals surface area contributed by atoms with Crippen LogP contribution in [0.3, 0.4) is 0 Å². The molecule has 16 heavy (non-hydrogen) atoms. The predicted octanol–water partition coefficient (Wildman–Crippen LogP) is -0.831. The van der Waals surface area contributed by atoms with Crippen molar-refractivity contribution in [3.05, 3.63) is 0 Å². The third-order valence-electron chi connectivity index (χ3n) is 2.19. The summed E-state index contributed by atoms with van der Waals surface area (Å²) in [6.45, 7) is 2.10. The Labute approximate surface area is 97.0 Å². The molecule has 0 fully saturated rings. The smallest absolute Gasteiger partial charge is 0.236 e. The van der Waals surface area contributed by atoms with Gasteiger partial charge in [-0.1, -0.05) is 19.8 Å². The van der Waals surface area contributed by atoms with Gasteiger partial charge in [0.05, 0.1) is 11.8 Å². The van der Waals surface area contributed by atoms with E-state index in [4.69, 9.17) is 5.73 Å². The molecule has 0 aliphatic carbocycles. The summed E-state index contributed by atoms with van der Waals surface area (Å²) in [4.78, 5) is 11.4. The van der Waals surface area contributed by atoms with Crippen LogP contribution in [0.4, 0.5) is 0 Å². The second kappa shape index (κ2) is 7.59. The first kappa shape index (κ1) is 15.3. The number of nitrogens with one attached hydrogen (secondary N) is 2. The highest BCUT2D eigenvalue weighted by Gasteiger charge is 2.13. The third-order valence-corrected chi connectivity index (χ3v) is 3.55. The van der Waals surface area contributed by atoms with Gasteiger partial charge in [0.1, 0.15) is 0 Å². The van der Waals surface area contributed by atoms with Crippen LogP contribution < -0.4 is 15.8 Å². The zero-order valence-corrected chi connectivity index (χ0v) is 10.6. The first-order valence-corrected chi connectivity index (χ1v) is 7.02. The summed E-state index contributed by atoms with van der Waals surface area (Å²) in [6.07, 6.45) is 2.50. The number of carbonyl (C=O) groups is 1. The van der Waals surface area contributed by atoms with Crippen LogP contribution in [-0.4, -0.2) is 39.7 Å². The van der Waals surface area contributed by atoms with E-state index in [2.05, 4.69) is 10.0 Å². The molecule has 0 saturated carbocycles. The lowest BCUT2D eigenvalue weighted by atomic mass is 10.1. The molecule has 1 amide bonds. The number of hydrogen-bond donors (Lipinski definition) is 3. The Morgan fingerprint density at radius 3 is 2.56 bits per heavy atom. The standard InChI is InChI=1S/C9H21N3O3S/c1-3-4-5-8(10)9(13)12-6-7-16(14,15)11-2/h8,11H,3-7,10H2,1-2H3,(H,12,13). The summed E-state index contributed by atoms with van der Waals surface area (Å²) in [5.41, 5.74) is 5.61. The maximum Gasteiger partial charge on any atom is 0.236 e. The monoisotopic (exact) mass is 251 g/mol. The topological polar surface area (TPSA) is 101 Å². The van der Waals surface area contributed by atoms with Gasteiger partial charge in [-0.05, 0) is 13.5 Å². The van der Waals surface area contributed by atoms with Crippen molar-refractivity contribution in [3.63, 3.8) is 0 Å². The van der Waals surface area contributed by atoms with Crippen LogP contribution in [-0.2, 0) is 14.8 Å². The molecule has 7 heteroatoms. The van der Waals surface area contributed by atoms with Gasteiger partial charge in [0.2, 0.25) is 15.9 Å². The summed E-state index contributed by atoms with van der Waals surface area (Å²) in [5.74, 6) is -0.421. The molecule has 0 bridgehead atoms. The second-order valence-corrected chi connectivity index (χ2v) is 5.61. The fourth-order valence-electron chi connectivity index (χ4n) is 1.10. The Morgan fingerprint density at radius 1 is 1.44 bits per heavy atom. The average molecular weight is 251 g/mol. The molecule has 0 spiro atoms. The minimum atomic E-state index is -3.26. The fourth-order valence-corrected chi connectivity index (χ4v) is 1.67. The maximum absolute atomic E-state index is 11.4. The normalized spacial score (nSPS) is 13.4. The van der Waals surface area contributed by atoms with Gasteiger partial charge in [-0.3, -0.25) is 4.79 Å². The number of rotatable bonds is 8. The van der Waals surface area contributed by atoms with Crippen molar-refractivity contribution in [3.8, 4) is 0 Å². The van der Waals surface area contributed by atoms with E-state index in [1.165, 1.54) is 7.05 Å². The number of carbonyl (C=O) groups excluding carboxylic acids is 1. The van der Waals surface area contributed by atoms with Crippen molar-refractivity contribution in [1.29, 1.82) is 0 Å². The number of hydrogen-bond acceptors (Lipinski definition) is 4. The third kappa shape index (κ3) is 6.76. The van der Waals surface area contributed by atoms with Crippen molar-refractivity contribution in [1.82, 2.24) is 10.0 Å². The van der Waals surface area contributed by atoms with Crippen LogP contribution in [0.15, 0.2) is 0 Å². The van der Waals surface area contributed by atoms with E-state index in [-0.39, 0.29) is 18.2 Å². The summed E-state index contributed by atoms with van der Waals surface area (Å²) < 4.78 is 24.2. The van der Waals surface area contributed by atoms with Gasteiger partial charge in [0.25, 0.3) is 0 Å². The maximum atomic E-state index is 11.4. The van der Waals surface area contributed by atoms with Gasteiger partial charge in [-0.25, -0.2) is 13.1 Å². The second-order valence-electron chi connectivity index (χ2n) is 3.56. The van der Waals surface area contributed by atoms with Crippen molar-refractivity contribution < 1.29 is 13.2 Å². The van der Waals surface area contributed by atoms with Gasteiger partial charge < -0.3 is 11.1 Å². The van der Waals surface area contributed by atoms with E-state index < -0.39 is 16.1 Å². The highest BCUT2D eigenvalue weighted by atomic mass is 32.2. The highest BCUT2D eigenvalue weighted by Crippen LogP contribution is 1.97. The lowest BCUT2D eigenvalue weighted by Crippen LogP contribution is -2.42. The number of amides is 1. The molecule has 0 aliphatic rings. The van der Waals surface area contributed by atoms with E-state index in [1.807, 2.05) is 6.92 Å². The van der Waals surface area contributed by atoms with Crippen LogP contribution >= 0.6 is 0 Å². The summed E-state index contributed by atoms with van der Waals surface area (Å²) in [7, 11) is -1.93. The van der Waals surface area contributed by atoms with Crippen LogP contribution in [0, 0.1) is 0 Å². The summed E-state index contributed by atoms with van der Waals surface area (Å²) in [6, 6.07) is -0.544. The van der Waals surface area contributed by atoms with Crippen molar-refractivity contribution in [2.75, 3.05) is 19.3 Å². The molecule has 0 rings (SSSR count). The van der Waals surface area contributed by atoms with Gasteiger partial charge in [-0.15, -0.1) is 0 Å². The largest absolute Gasteiger partial charge is 0.354 e. The minimum absolute atomic E-state index is 0.0852. The van der Waals surface area contributed by atoms with E-state index in [0.29, 0.717) is 6.42 Å². The van der Waals surface area contributed by atoms with Crippen molar-refractivity contribution in [2.45, 2.75) is 32.2 Å². The Kier molecular flexibility index (Phi) is 7.27. The Hall–Kier alpha value is -0.660. The van der Waals surface area contributed by atoms with Crippen molar-refractivity contribution >= 4 is 15.9 Å². The molecule has 0 heterocycles. The molecule has 0 aromatic rings. The molecule has 1 unspecified atom stereocenters. The molecule has 1 atom stereocenters. The lowest BCUT2D eigenvalue weighted by molar-refractivity contribution is -0.122. The van der Waals surface area contributed by atoms with E-state index in [0.717, 1.165) is 12.8 Å². The number of sulfonamides is 1. The first-order chi connectivity index (χ1) is 7.43. The number of unbranched alkanes of at least 4 members (excludes halogenated alkanes) is 1. The Balaban J connectivity index is 3.81. The molecule has 4 N–H and O–H groups in total. The molecule has 0 aromatic carbocycles. The number of nitrogens with two attached hydrogens (primary N) is 1. The molecular weight excluding hydrogens is 230 g/mol. The van der Waals surface area contributed by atoms with E-state index >= 15 is 0 Å². The van der Waals surface area contributed by atoms with Gasteiger partial charge in [0.15, 0.2) is 0 Å². The molecule has 0 aliphatic heterocycles. The Bertz CT molecular complexity index is 303.